The summed E-state index contributed by atoms with van der Waals surface area (Å²) in [6.45, 7) is 1.98. The third-order valence-corrected chi connectivity index (χ3v) is 4.14. The number of hydrogen-bond donors (Lipinski definition) is 2. The van der Waals surface area contributed by atoms with Crippen molar-refractivity contribution in [1.29, 1.82) is 0 Å². The van der Waals surface area contributed by atoms with Crippen molar-refractivity contribution in [3.05, 3.63) is 90.0 Å². The van der Waals surface area contributed by atoms with Crippen molar-refractivity contribution in [1.82, 2.24) is 0 Å². The smallest absolute Gasteiger partial charge is 0.228 e. The van der Waals surface area contributed by atoms with Gasteiger partial charge < -0.3 is 11.1 Å². The third kappa shape index (κ3) is 4.39. The fourth-order valence-corrected chi connectivity index (χ4v) is 2.81. The van der Waals surface area contributed by atoms with E-state index in [0.29, 0.717) is 17.8 Å². The average molecular weight is 342 g/mol. The molecule has 0 saturated carbocycles. The van der Waals surface area contributed by atoms with Gasteiger partial charge in [0.2, 0.25) is 5.91 Å². The summed E-state index contributed by atoms with van der Waals surface area (Å²) in [7, 11) is 0. The number of anilines is 2. The molecular formula is C23H22N2O. The summed E-state index contributed by atoms with van der Waals surface area (Å²) >= 11 is 0. The van der Waals surface area contributed by atoms with Gasteiger partial charge in [0.15, 0.2) is 0 Å². The first kappa shape index (κ1) is 17.5. The van der Waals surface area contributed by atoms with Gasteiger partial charge in [-0.25, -0.2) is 0 Å². The Balaban J connectivity index is 1.67. The second-order valence-corrected chi connectivity index (χ2v) is 6.13. The quantitative estimate of drug-likeness (QED) is 0.630. The maximum absolute atomic E-state index is 12.3. The maximum atomic E-state index is 12.3. The third-order valence-electron chi connectivity index (χ3n) is 4.14. The maximum Gasteiger partial charge on any atom is 0.228 e. The van der Waals surface area contributed by atoms with Crippen molar-refractivity contribution >= 4 is 23.4 Å². The van der Waals surface area contributed by atoms with E-state index in [1.165, 1.54) is 0 Å². The molecule has 130 valence electrons. The van der Waals surface area contributed by atoms with Crippen molar-refractivity contribution in [2.45, 2.75) is 13.3 Å². The van der Waals surface area contributed by atoms with E-state index in [2.05, 4.69) is 5.32 Å². The Morgan fingerprint density at radius 1 is 0.962 bits per heavy atom. The van der Waals surface area contributed by atoms with Crippen LogP contribution in [-0.4, -0.2) is 5.91 Å². The van der Waals surface area contributed by atoms with Gasteiger partial charge >= 0.3 is 0 Å². The number of amides is 1. The monoisotopic (exact) mass is 342 g/mol. The minimum atomic E-state index is -0.0806. The highest BCUT2D eigenvalue weighted by Gasteiger charge is 2.08. The first-order valence-electron chi connectivity index (χ1n) is 8.62. The van der Waals surface area contributed by atoms with Crippen molar-refractivity contribution in [2.24, 2.45) is 0 Å². The van der Waals surface area contributed by atoms with Crippen LogP contribution in [0.1, 0.15) is 18.1 Å². The van der Waals surface area contributed by atoms with E-state index in [0.717, 1.165) is 22.3 Å². The molecule has 0 aromatic heterocycles. The predicted molar refractivity (Wildman–Crippen MR) is 110 cm³/mol. The molecule has 0 fully saturated rings. The molecule has 1 amide bonds. The number of rotatable bonds is 5. The molecule has 3 aromatic carbocycles. The highest BCUT2D eigenvalue weighted by atomic mass is 16.1. The Kier molecular flexibility index (Phi) is 5.49. The predicted octanol–water partition coefficient (Wildman–Crippen LogP) is 5.15. The van der Waals surface area contributed by atoms with E-state index in [9.17, 15) is 4.79 Å². The molecule has 3 nitrogen and oxygen atoms in total. The number of allylic oxidation sites excluding steroid dienone is 1. The zero-order valence-electron chi connectivity index (χ0n) is 14.8. The van der Waals surface area contributed by atoms with Crippen LogP contribution in [0.25, 0.3) is 17.2 Å². The van der Waals surface area contributed by atoms with Crippen molar-refractivity contribution < 1.29 is 4.79 Å². The molecule has 3 N–H and O–H groups in total. The van der Waals surface area contributed by atoms with Crippen LogP contribution in [0.5, 0.6) is 0 Å². The highest BCUT2D eigenvalue weighted by molar-refractivity contribution is 5.95. The topological polar surface area (TPSA) is 55.1 Å². The molecule has 0 aliphatic rings. The summed E-state index contributed by atoms with van der Waals surface area (Å²) in [4.78, 5) is 12.3. The Bertz CT molecular complexity index is 913. The summed E-state index contributed by atoms with van der Waals surface area (Å²) in [6, 6.07) is 23.7. The standard InChI is InChI=1S/C23H22N2O/c1-2-6-17-9-11-18(12-10-17)15-23(26)25-22-14-13-20(16-21(22)24)19-7-4-3-5-8-19/h2-14,16H,15,24H2,1H3,(H,25,26)/b6-2+. The minimum absolute atomic E-state index is 0.0806. The minimum Gasteiger partial charge on any atom is -0.397 e. The molecular weight excluding hydrogens is 320 g/mol. The van der Waals surface area contributed by atoms with Crippen LogP contribution in [-0.2, 0) is 11.2 Å². The molecule has 0 saturated heterocycles. The van der Waals surface area contributed by atoms with Crippen LogP contribution in [0.15, 0.2) is 78.9 Å². The van der Waals surface area contributed by atoms with Crippen LogP contribution in [0, 0.1) is 0 Å². The number of nitrogen functional groups attached to an aromatic ring is 1. The molecule has 0 radical (unpaired) electrons. The Hall–Kier alpha value is -3.33. The summed E-state index contributed by atoms with van der Waals surface area (Å²) in [6.07, 6.45) is 4.33. The zero-order chi connectivity index (χ0) is 18.4. The number of hydrogen-bond acceptors (Lipinski definition) is 2. The van der Waals surface area contributed by atoms with Gasteiger partial charge in [0.05, 0.1) is 17.8 Å². The van der Waals surface area contributed by atoms with E-state index >= 15 is 0 Å². The van der Waals surface area contributed by atoms with Gasteiger partial charge in [0.25, 0.3) is 0 Å². The van der Waals surface area contributed by atoms with Crippen molar-refractivity contribution in [2.75, 3.05) is 11.1 Å². The Labute approximate surface area is 154 Å². The highest BCUT2D eigenvalue weighted by Crippen LogP contribution is 2.27. The normalized spacial score (nSPS) is 10.8. The summed E-state index contributed by atoms with van der Waals surface area (Å²) in [5.41, 5.74) is 11.5. The fraction of sp³-hybridized carbons (Fsp3) is 0.0870. The Morgan fingerprint density at radius 2 is 1.69 bits per heavy atom. The average Bonchev–Trinajstić information content (AvgIpc) is 2.66. The lowest BCUT2D eigenvalue weighted by molar-refractivity contribution is -0.115. The molecule has 3 aromatic rings. The second-order valence-electron chi connectivity index (χ2n) is 6.13. The Morgan fingerprint density at radius 3 is 2.35 bits per heavy atom. The van der Waals surface area contributed by atoms with E-state index in [1.807, 2.05) is 91.9 Å². The van der Waals surface area contributed by atoms with Crippen LogP contribution < -0.4 is 11.1 Å². The lowest BCUT2D eigenvalue weighted by Crippen LogP contribution is -2.15. The van der Waals surface area contributed by atoms with Gasteiger partial charge in [-0.1, -0.05) is 72.8 Å². The number of carbonyl (C=O) groups excluding carboxylic acids is 1. The fourth-order valence-electron chi connectivity index (χ4n) is 2.81. The molecule has 0 unspecified atom stereocenters. The first-order chi connectivity index (χ1) is 12.7. The molecule has 0 spiro atoms. The van der Waals surface area contributed by atoms with Gasteiger partial charge in [-0.15, -0.1) is 0 Å². The SMILES string of the molecule is C/C=C/c1ccc(CC(=O)Nc2ccc(-c3ccccc3)cc2N)cc1. The van der Waals surface area contributed by atoms with Crippen LogP contribution >= 0.6 is 0 Å². The van der Waals surface area contributed by atoms with Crippen molar-refractivity contribution in [3.8, 4) is 11.1 Å². The number of carbonyl (C=O) groups is 1. The van der Waals surface area contributed by atoms with E-state index in [1.54, 1.807) is 0 Å². The van der Waals surface area contributed by atoms with E-state index in [-0.39, 0.29) is 5.91 Å². The molecule has 3 rings (SSSR count). The van der Waals surface area contributed by atoms with Crippen LogP contribution in [0.3, 0.4) is 0 Å². The number of nitrogens with one attached hydrogen (secondary N) is 1. The largest absolute Gasteiger partial charge is 0.397 e. The van der Waals surface area contributed by atoms with Gasteiger partial charge in [-0.05, 0) is 41.3 Å². The van der Waals surface area contributed by atoms with Gasteiger partial charge in [0, 0.05) is 0 Å². The first-order valence-corrected chi connectivity index (χ1v) is 8.62. The molecule has 3 heteroatoms. The lowest BCUT2D eigenvalue weighted by atomic mass is 10.0. The summed E-state index contributed by atoms with van der Waals surface area (Å²) in [5.74, 6) is -0.0806. The molecule has 0 aliphatic carbocycles. The zero-order valence-corrected chi connectivity index (χ0v) is 14.8. The van der Waals surface area contributed by atoms with Crippen LogP contribution in [0.2, 0.25) is 0 Å². The number of benzene rings is 3. The molecule has 0 heterocycles. The van der Waals surface area contributed by atoms with Gasteiger partial charge in [0.1, 0.15) is 0 Å². The summed E-state index contributed by atoms with van der Waals surface area (Å²) < 4.78 is 0. The van der Waals surface area contributed by atoms with Crippen molar-refractivity contribution in [3.63, 3.8) is 0 Å². The number of nitrogens with two attached hydrogens (primary N) is 1. The lowest BCUT2D eigenvalue weighted by Gasteiger charge is -2.10. The summed E-state index contributed by atoms with van der Waals surface area (Å²) in [5, 5.41) is 2.90. The van der Waals surface area contributed by atoms with E-state index in [4.69, 9.17) is 5.73 Å². The second kappa shape index (κ2) is 8.17. The molecule has 0 atom stereocenters. The molecule has 0 bridgehead atoms. The van der Waals surface area contributed by atoms with Crippen LogP contribution in [0.4, 0.5) is 11.4 Å². The van der Waals surface area contributed by atoms with Gasteiger partial charge in [-0.3, -0.25) is 4.79 Å². The molecule has 0 aliphatic heterocycles. The van der Waals surface area contributed by atoms with Gasteiger partial charge in [-0.2, -0.15) is 0 Å². The molecule has 26 heavy (non-hydrogen) atoms. The van der Waals surface area contributed by atoms with E-state index < -0.39 is 0 Å².